The van der Waals surface area contributed by atoms with Crippen molar-refractivity contribution in [3.05, 3.63) is 59.7 Å². The Morgan fingerprint density at radius 1 is 1.03 bits per heavy atom. The van der Waals surface area contributed by atoms with Crippen LogP contribution in [0.15, 0.2) is 48.5 Å². The first kappa shape index (κ1) is 24.4. The third-order valence-corrected chi connectivity index (χ3v) is 5.25. The molecule has 0 fully saturated rings. The summed E-state index contributed by atoms with van der Waals surface area (Å²) in [5.74, 6) is 0.0958. The van der Waals surface area contributed by atoms with E-state index >= 15 is 0 Å². The second-order valence-corrected chi connectivity index (χ2v) is 9.49. The lowest BCUT2D eigenvalue weighted by Crippen LogP contribution is -2.33. The Balaban J connectivity index is 2.35. The van der Waals surface area contributed by atoms with E-state index < -0.39 is 0 Å². The number of hydrogen-bond acceptors (Lipinski definition) is 3. The van der Waals surface area contributed by atoms with Gasteiger partial charge in [0.25, 0.3) is 0 Å². The molecule has 0 aromatic heterocycles. The van der Waals surface area contributed by atoms with E-state index in [0.29, 0.717) is 19.4 Å². The molecule has 2 rings (SSSR count). The second kappa shape index (κ2) is 10.5. The van der Waals surface area contributed by atoms with E-state index in [0.717, 1.165) is 22.5 Å². The number of carbonyl (C=O) groups excluding carboxylic acids is 2. The van der Waals surface area contributed by atoms with Gasteiger partial charge in [-0.2, -0.15) is 0 Å². The molecule has 1 unspecified atom stereocenters. The molecule has 0 heterocycles. The van der Waals surface area contributed by atoms with Crippen molar-refractivity contribution < 1.29 is 9.59 Å². The van der Waals surface area contributed by atoms with Gasteiger partial charge in [0.05, 0.1) is 6.04 Å². The Kier molecular flexibility index (Phi) is 8.26. The maximum absolute atomic E-state index is 12.9. The molecule has 31 heavy (non-hydrogen) atoms. The first-order valence-corrected chi connectivity index (χ1v) is 11.0. The van der Waals surface area contributed by atoms with Gasteiger partial charge >= 0.3 is 0 Å². The number of nitrogens with zero attached hydrogens (tertiary/aromatic N) is 2. The fraction of sp³-hybridized carbons (Fsp3) is 0.462. The lowest BCUT2D eigenvalue weighted by molar-refractivity contribution is -0.133. The molecule has 0 bridgehead atoms. The zero-order valence-electron chi connectivity index (χ0n) is 20.0. The van der Waals surface area contributed by atoms with Gasteiger partial charge in [-0.05, 0) is 41.7 Å². The smallest absolute Gasteiger partial charge is 0.224 e. The molecular formula is C26H37N3O2. The number of benzene rings is 2. The highest BCUT2D eigenvalue weighted by atomic mass is 16.2. The highest BCUT2D eigenvalue weighted by molar-refractivity contribution is 5.91. The van der Waals surface area contributed by atoms with Crippen molar-refractivity contribution in [2.45, 2.75) is 60.0 Å². The molecule has 5 heteroatoms. The number of rotatable bonds is 8. The monoisotopic (exact) mass is 423 g/mol. The van der Waals surface area contributed by atoms with Crippen molar-refractivity contribution in [1.29, 1.82) is 0 Å². The second-order valence-electron chi connectivity index (χ2n) is 9.49. The third kappa shape index (κ3) is 7.12. The SMILES string of the molecule is CCC(=O)N(Cc1cc(NC(=O)CC(C)(C)C)ccc1N(C)C)C(C)c1ccccc1. The minimum Gasteiger partial charge on any atom is -0.377 e. The quantitative estimate of drug-likeness (QED) is 0.599. The number of amides is 2. The highest BCUT2D eigenvalue weighted by Gasteiger charge is 2.23. The summed E-state index contributed by atoms with van der Waals surface area (Å²) in [5, 5.41) is 3.02. The number of anilines is 2. The topological polar surface area (TPSA) is 52.7 Å². The zero-order valence-corrected chi connectivity index (χ0v) is 20.0. The molecule has 0 spiro atoms. The van der Waals surface area contributed by atoms with E-state index in [-0.39, 0.29) is 23.3 Å². The molecule has 0 aliphatic heterocycles. The van der Waals surface area contributed by atoms with Crippen molar-refractivity contribution in [2.24, 2.45) is 5.41 Å². The van der Waals surface area contributed by atoms with Crippen LogP contribution in [-0.4, -0.2) is 30.8 Å². The highest BCUT2D eigenvalue weighted by Crippen LogP contribution is 2.29. The van der Waals surface area contributed by atoms with Crippen LogP contribution in [0.1, 0.15) is 64.6 Å². The molecule has 1 N–H and O–H groups in total. The predicted molar refractivity (Wildman–Crippen MR) is 129 cm³/mol. The zero-order chi connectivity index (χ0) is 23.2. The number of nitrogens with one attached hydrogen (secondary N) is 1. The summed E-state index contributed by atoms with van der Waals surface area (Å²) in [6, 6.07) is 15.9. The predicted octanol–water partition coefficient (Wildman–Crippen LogP) is 5.63. The van der Waals surface area contributed by atoms with Crippen LogP contribution in [0.2, 0.25) is 0 Å². The third-order valence-electron chi connectivity index (χ3n) is 5.25. The van der Waals surface area contributed by atoms with Crippen molar-refractivity contribution in [2.75, 3.05) is 24.3 Å². The molecule has 0 saturated carbocycles. The van der Waals surface area contributed by atoms with E-state index in [4.69, 9.17) is 0 Å². The van der Waals surface area contributed by atoms with Crippen LogP contribution in [0.3, 0.4) is 0 Å². The van der Waals surface area contributed by atoms with Crippen LogP contribution >= 0.6 is 0 Å². The molecule has 1 atom stereocenters. The van der Waals surface area contributed by atoms with Crippen LogP contribution in [0.4, 0.5) is 11.4 Å². The van der Waals surface area contributed by atoms with E-state index in [1.54, 1.807) is 0 Å². The van der Waals surface area contributed by atoms with Crippen LogP contribution in [0.25, 0.3) is 0 Å². The fourth-order valence-electron chi connectivity index (χ4n) is 3.65. The van der Waals surface area contributed by atoms with Crippen molar-refractivity contribution in [1.82, 2.24) is 4.90 Å². The first-order valence-electron chi connectivity index (χ1n) is 11.0. The van der Waals surface area contributed by atoms with Gasteiger partial charge in [-0.1, -0.05) is 58.0 Å². The van der Waals surface area contributed by atoms with Crippen LogP contribution in [0.5, 0.6) is 0 Å². The Labute approximate surface area is 187 Å². The van der Waals surface area contributed by atoms with E-state index in [2.05, 4.69) is 24.4 Å². The molecule has 5 nitrogen and oxygen atoms in total. The van der Waals surface area contributed by atoms with Gasteiger partial charge in [-0.3, -0.25) is 9.59 Å². The average Bonchev–Trinajstić information content (AvgIpc) is 2.70. The summed E-state index contributed by atoms with van der Waals surface area (Å²) in [4.78, 5) is 29.3. The maximum atomic E-state index is 12.9. The molecular weight excluding hydrogens is 386 g/mol. The summed E-state index contributed by atoms with van der Waals surface area (Å²) in [5.41, 5.74) is 3.81. The first-order chi connectivity index (χ1) is 14.5. The van der Waals surface area contributed by atoms with Crippen molar-refractivity contribution in [3.63, 3.8) is 0 Å². The van der Waals surface area contributed by atoms with Crippen LogP contribution in [-0.2, 0) is 16.1 Å². The van der Waals surface area contributed by atoms with Gasteiger partial charge < -0.3 is 15.1 Å². The number of carbonyl (C=O) groups is 2. The van der Waals surface area contributed by atoms with E-state index in [1.165, 1.54) is 0 Å². The summed E-state index contributed by atoms with van der Waals surface area (Å²) in [6.07, 6.45) is 0.889. The number of hydrogen-bond donors (Lipinski definition) is 1. The summed E-state index contributed by atoms with van der Waals surface area (Å²) in [6.45, 7) is 10.6. The summed E-state index contributed by atoms with van der Waals surface area (Å²) in [7, 11) is 3.98. The van der Waals surface area contributed by atoms with Crippen LogP contribution in [0, 0.1) is 5.41 Å². The molecule has 2 aromatic carbocycles. The molecule has 2 amide bonds. The van der Waals surface area contributed by atoms with Gasteiger partial charge in [0.2, 0.25) is 11.8 Å². The molecule has 0 saturated heterocycles. The average molecular weight is 424 g/mol. The fourth-order valence-corrected chi connectivity index (χ4v) is 3.65. The van der Waals surface area contributed by atoms with Gasteiger partial charge in [0.15, 0.2) is 0 Å². The molecule has 0 aliphatic carbocycles. The maximum Gasteiger partial charge on any atom is 0.224 e. The normalized spacial score (nSPS) is 12.2. The van der Waals surface area contributed by atoms with Gasteiger partial charge in [0, 0.05) is 44.9 Å². The van der Waals surface area contributed by atoms with Gasteiger partial charge in [-0.25, -0.2) is 0 Å². The van der Waals surface area contributed by atoms with Crippen LogP contribution < -0.4 is 10.2 Å². The van der Waals surface area contributed by atoms with E-state index in [9.17, 15) is 9.59 Å². The van der Waals surface area contributed by atoms with Gasteiger partial charge in [-0.15, -0.1) is 0 Å². The van der Waals surface area contributed by atoms with E-state index in [1.807, 2.05) is 88.0 Å². The molecule has 0 radical (unpaired) electrons. The minimum absolute atomic E-state index is 0.00445. The minimum atomic E-state index is -0.0774. The Morgan fingerprint density at radius 3 is 2.23 bits per heavy atom. The largest absolute Gasteiger partial charge is 0.377 e. The molecule has 168 valence electrons. The van der Waals surface area contributed by atoms with Crippen molar-refractivity contribution in [3.8, 4) is 0 Å². The summed E-state index contributed by atoms with van der Waals surface area (Å²) >= 11 is 0. The van der Waals surface area contributed by atoms with Crippen molar-refractivity contribution >= 4 is 23.2 Å². The lowest BCUT2D eigenvalue weighted by atomic mass is 9.92. The Morgan fingerprint density at radius 2 is 1.68 bits per heavy atom. The molecule has 2 aromatic rings. The Hall–Kier alpha value is -2.82. The van der Waals surface area contributed by atoms with Gasteiger partial charge in [0.1, 0.15) is 0 Å². The summed E-state index contributed by atoms with van der Waals surface area (Å²) < 4.78 is 0. The standard InChI is InChI=1S/C26H37N3O2/c1-8-25(31)29(19(2)20-12-10-9-11-13-20)18-21-16-22(14-15-23(21)28(6)7)27-24(30)17-26(3,4)5/h9-16,19H,8,17-18H2,1-7H3,(H,27,30). The lowest BCUT2D eigenvalue weighted by Gasteiger charge is -2.31. The molecule has 0 aliphatic rings. The Bertz CT molecular complexity index is 885.